The van der Waals surface area contributed by atoms with E-state index in [1.807, 2.05) is 0 Å². The zero-order valence-corrected chi connectivity index (χ0v) is 8.63. The first-order valence-electron chi connectivity index (χ1n) is 3.24. The fourth-order valence-corrected chi connectivity index (χ4v) is 1.22. The molecule has 74 valence electrons. The van der Waals surface area contributed by atoms with E-state index in [1.54, 1.807) is 28.7 Å². The Bertz CT molecular complexity index is 386. The molecule has 0 unspecified atom stereocenters. The first-order valence-corrected chi connectivity index (χ1v) is 4.31. The number of nitriles is 1. The molecule has 0 spiro atoms. The van der Waals surface area contributed by atoms with Gasteiger partial charge in [-0.2, -0.15) is 5.26 Å². The second kappa shape index (κ2) is 4.00. The van der Waals surface area contributed by atoms with E-state index in [1.165, 1.54) is 6.07 Å². The second-order valence-corrected chi connectivity index (χ2v) is 3.32. The molecule has 1 aromatic heterocycles. The molecule has 7 heteroatoms. The molecule has 0 aliphatic heterocycles. The molecule has 0 aliphatic carbocycles. The number of nitrogens with zero attached hydrogens (tertiary/aromatic N) is 2. The zero-order valence-electron chi connectivity index (χ0n) is 6.47. The van der Waals surface area contributed by atoms with Crippen LogP contribution in [0.15, 0.2) is 12.3 Å². The molecule has 3 nitrogen and oxygen atoms in total. The lowest BCUT2D eigenvalue weighted by Gasteiger charge is -2.09. The molecule has 0 N–H and O–H groups in total. The number of hydrogen-bond acceptors (Lipinski definition) is 3. The predicted octanol–water partition coefficient (Wildman–Crippen LogP) is 2.46. The largest absolute Gasteiger partial charge is 0.573 e. The molecule has 0 atom stereocenters. The minimum Gasteiger partial charge on any atom is -0.403 e. The van der Waals surface area contributed by atoms with E-state index in [9.17, 15) is 13.2 Å². The predicted molar refractivity (Wildman–Crippen MR) is 48.4 cm³/mol. The summed E-state index contributed by atoms with van der Waals surface area (Å²) in [4.78, 5) is 3.45. The fourth-order valence-electron chi connectivity index (χ4n) is 0.679. The van der Waals surface area contributed by atoms with Crippen molar-refractivity contribution >= 4 is 22.6 Å². The highest BCUT2D eigenvalue weighted by atomic mass is 127. The van der Waals surface area contributed by atoms with Crippen LogP contribution in [0.3, 0.4) is 0 Å². The maximum absolute atomic E-state index is 11.8. The van der Waals surface area contributed by atoms with Gasteiger partial charge in [0.05, 0.1) is 9.77 Å². The smallest absolute Gasteiger partial charge is 0.403 e. The highest BCUT2D eigenvalue weighted by Gasteiger charge is 2.32. The van der Waals surface area contributed by atoms with Gasteiger partial charge in [-0.05, 0) is 28.7 Å². The van der Waals surface area contributed by atoms with Crippen LogP contribution in [0, 0.1) is 14.9 Å². The van der Waals surface area contributed by atoms with Crippen LogP contribution in [0.5, 0.6) is 5.75 Å². The molecule has 0 bridgehead atoms. The van der Waals surface area contributed by atoms with Crippen molar-refractivity contribution < 1.29 is 17.9 Å². The Morgan fingerprint density at radius 1 is 1.50 bits per heavy atom. The third kappa shape index (κ3) is 3.02. The molecule has 1 rings (SSSR count). The van der Waals surface area contributed by atoms with Gasteiger partial charge < -0.3 is 4.74 Å². The summed E-state index contributed by atoms with van der Waals surface area (Å²) in [7, 11) is 0. The van der Waals surface area contributed by atoms with E-state index < -0.39 is 12.1 Å². The van der Waals surface area contributed by atoms with E-state index in [-0.39, 0.29) is 9.26 Å². The lowest BCUT2D eigenvalue weighted by molar-refractivity contribution is -0.275. The van der Waals surface area contributed by atoms with Crippen molar-refractivity contribution in [2.75, 3.05) is 0 Å². The number of ether oxygens (including phenoxy) is 1. The van der Waals surface area contributed by atoms with Crippen molar-refractivity contribution in [3.05, 3.63) is 21.5 Å². The summed E-state index contributed by atoms with van der Waals surface area (Å²) in [6.07, 6.45) is -3.87. The van der Waals surface area contributed by atoms with Gasteiger partial charge in [-0.3, -0.25) is 0 Å². The number of aromatic nitrogens is 1. The Morgan fingerprint density at radius 3 is 2.57 bits per heavy atom. The zero-order chi connectivity index (χ0) is 10.8. The van der Waals surface area contributed by atoms with Gasteiger partial charge >= 0.3 is 6.36 Å². The van der Waals surface area contributed by atoms with Crippen LogP contribution in [0.1, 0.15) is 5.69 Å². The van der Waals surface area contributed by atoms with Crippen molar-refractivity contribution in [3.8, 4) is 11.8 Å². The average Bonchev–Trinajstić information content (AvgIpc) is 2.06. The molecule has 14 heavy (non-hydrogen) atoms. The summed E-state index contributed by atoms with van der Waals surface area (Å²) in [6.45, 7) is 0. The Labute approximate surface area is 90.6 Å². The minimum atomic E-state index is -4.74. The van der Waals surface area contributed by atoms with Crippen molar-refractivity contribution in [2.45, 2.75) is 6.36 Å². The van der Waals surface area contributed by atoms with Gasteiger partial charge in [0.2, 0.25) is 0 Å². The van der Waals surface area contributed by atoms with Gasteiger partial charge in [0.1, 0.15) is 11.8 Å². The molecule has 0 saturated carbocycles. The summed E-state index contributed by atoms with van der Waals surface area (Å²) in [5, 5.41) is 8.41. The molecule has 0 aromatic carbocycles. The SMILES string of the molecule is N#Cc1cc(I)c(OC(F)(F)F)cn1. The van der Waals surface area contributed by atoms with E-state index in [4.69, 9.17) is 5.26 Å². The molecule has 0 saturated heterocycles. The van der Waals surface area contributed by atoms with Crippen LogP contribution in [0.2, 0.25) is 0 Å². The fraction of sp³-hybridized carbons (Fsp3) is 0.143. The van der Waals surface area contributed by atoms with Crippen molar-refractivity contribution in [3.63, 3.8) is 0 Å². The number of alkyl halides is 3. The molecular weight excluding hydrogens is 312 g/mol. The highest BCUT2D eigenvalue weighted by Crippen LogP contribution is 2.26. The Balaban J connectivity index is 2.97. The van der Waals surface area contributed by atoms with Crippen molar-refractivity contribution in [1.29, 1.82) is 5.26 Å². The standard InChI is InChI=1S/C7H2F3IN2O/c8-7(9,10)14-6-3-13-4(2-12)1-5(6)11/h1,3H. The second-order valence-electron chi connectivity index (χ2n) is 2.16. The number of rotatable bonds is 1. The van der Waals surface area contributed by atoms with Crippen molar-refractivity contribution in [2.24, 2.45) is 0 Å². The maximum Gasteiger partial charge on any atom is 0.573 e. The van der Waals surface area contributed by atoms with Crippen LogP contribution in [0.25, 0.3) is 0 Å². The molecular formula is C7H2F3IN2O. The number of hydrogen-bond donors (Lipinski definition) is 0. The van der Waals surface area contributed by atoms with E-state index in [2.05, 4.69) is 9.72 Å². The monoisotopic (exact) mass is 314 g/mol. The molecule has 0 amide bonds. The van der Waals surface area contributed by atoms with Gasteiger partial charge in [0.25, 0.3) is 0 Å². The normalized spacial score (nSPS) is 10.8. The molecule has 0 aliphatic rings. The van der Waals surface area contributed by atoms with Crippen LogP contribution < -0.4 is 4.74 Å². The van der Waals surface area contributed by atoms with Gasteiger partial charge in [-0.15, -0.1) is 13.2 Å². The Hall–Kier alpha value is -1.04. The van der Waals surface area contributed by atoms with E-state index >= 15 is 0 Å². The minimum absolute atomic E-state index is 0.0453. The summed E-state index contributed by atoms with van der Waals surface area (Å²) < 4.78 is 39.2. The summed E-state index contributed by atoms with van der Waals surface area (Å²) in [6, 6.07) is 2.92. The van der Waals surface area contributed by atoms with E-state index in [0.29, 0.717) is 0 Å². The van der Waals surface area contributed by atoms with Gasteiger partial charge in [0, 0.05) is 0 Å². The molecule has 1 aromatic rings. The highest BCUT2D eigenvalue weighted by molar-refractivity contribution is 14.1. The third-order valence-electron chi connectivity index (χ3n) is 1.16. The molecule has 0 radical (unpaired) electrons. The first kappa shape index (κ1) is 11.0. The van der Waals surface area contributed by atoms with Gasteiger partial charge in [-0.25, -0.2) is 4.98 Å². The Morgan fingerprint density at radius 2 is 2.14 bits per heavy atom. The van der Waals surface area contributed by atoms with Crippen molar-refractivity contribution in [1.82, 2.24) is 4.98 Å². The summed E-state index contributed by atoms with van der Waals surface area (Å²) in [5.41, 5.74) is 0.0453. The molecule has 1 heterocycles. The number of halogens is 4. The van der Waals surface area contributed by atoms with Crippen LogP contribution >= 0.6 is 22.6 Å². The van der Waals surface area contributed by atoms with Crippen LogP contribution in [-0.2, 0) is 0 Å². The first-order chi connectivity index (χ1) is 6.42. The quantitative estimate of drug-likeness (QED) is 0.748. The Kier molecular flexibility index (Phi) is 3.15. The lowest BCUT2D eigenvalue weighted by Crippen LogP contribution is -2.18. The molecule has 0 fully saturated rings. The number of pyridine rings is 1. The summed E-state index contributed by atoms with van der Waals surface area (Å²) >= 11 is 1.63. The third-order valence-corrected chi connectivity index (χ3v) is 2.00. The van der Waals surface area contributed by atoms with Crippen LogP contribution in [-0.4, -0.2) is 11.3 Å². The van der Waals surface area contributed by atoms with E-state index in [0.717, 1.165) is 6.20 Å². The average molecular weight is 314 g/mol. The topological polar surface area (TPSA) is 45.9 Å². The lowest BCUT2D eigenvalue weighted by atomic mass is 10.4. The summed E-state index contributed by atoms with van der Waals surface area (Å²) in [5.74, 6) is -0.405. The van der Waals surface area contributed by atoms with Gasteiger partial charge in [-0.1, -0.05) is 0 Å². The van der Waals surface area contributed by atoms with Crippen LogP contribution in [0.4, 0.5) is 13.2 Å². The van der Waals surface area contributed by atoms with Gasteiger partial charge in [0.15, 0.2) is 5.75 Å². The maximum atomic E-state index is 11.8.